The molecule has 1 aliphatic rings. The lowest BCUT2D eigenvalue weighted by atomic mass is 10.2. The minimum Gasteiger partial charge on any atom is -0.494 e. The second-order valence-corrected chi connectivity index (χ2v) is 6.11. The zero-order valence-electron chi connectivity index (χ0n) is 14.3. The maximum Gasteiger partial charge on any atom is 0.119 e. The highest BCUT2D eigenvalue weighted by atomic mass is 16.5. The van der Waals surface area contributed by atoms with Gasteiger partial charge in [-0.3, -0.25) is 5.01 Å². The number of benzene rings is 2. The fourth-order valence-electron chi connectivity index (χ4n) is 2.95. The van der Waals surface area contributed by atoms with Crippen molar-refractivity contribution >= 4 is 6.21 Å². The molecule has 0 unspecified atom stereocenters. The van der Waals surface area contributed by atoms with Crippen LogP contribution < -0.4 is 9.64 Å². The van der Waals surface area contributed by atoms with Crippen LogP contribution in [0, 0.1) is 0 Å². The lowest BCUT2D eigenvalue weighted by molar-refractivity contribution is -0.918. The predicted molar refractivity (Wildman–Crippen MR) is 97.6 cm³/mol. The molecule has 4 heteroatoms. The van der Waals surface area contributed by atoms with E-state index in [1.807, 2.05) is 37.4 Å². The summed E-state index contributed by atoms with van der Waals surface area (Å²) in [6.07, 6.45) is 1.94. The van der Waals surface area contributed by atoms with Gasteiger partial charge in [-0.25, -0.2) is 0 Å². The lowest BCUT2D eigenvalue weighted by Gasteiger charge is -2.30. The molecule has 1 fully saturated rings. The van der Waals surface area contributed by atoms with Crippen molar-refractivity contribution in [3.05, 3.63) is 65.7 Å². The van der Waals surface area contributed by atoms with Crippen LogP contribution in [0.4, 0.5) is 0 Å². The second-order valence-electron chi connectivity index (χ2n) is 6.11. The van der Waals surface area contributed by atoms with E-state index in [4.69, 9.17) is 4.74 Å². The van der Waals surface area contributed by atoms with E-state index in [0.29, 0.717) is 6.61 Å². The third kappa shape index (κ3) is 4.83. The van der Waals surface area contributed by atoms with Crippen molar-refractivity contribution in [3.63, 3.8) is 0 Å². The third-order valence-corrected chi connectivity index (χ3v) is 4.31. The number of quaternary nitrogens is 1. The fraction of sp³-hybridized carbons (Fsp3) is 0.350. The SMILES string of the molecule is CCOc1ccc(/C=N\N2CC[NH+](Cc3ccccc3)CC2)cc1. The van der Waals surface area contributed by atoms with Gasteiger partial charge in [0, 0.05) is 5.56 Å². The summed E-state index contributed by atoms with van der Waals surface area (Å²) in [5.74, 6) is 0.910. The number of piperazine rings is 1. The zero-order valence-corrected chi connectivity index (χ0v) is 14.3. The average Bonchev–Trinajstić information content (AvgIpc) is 2.63. The number of nitrogens with one attached hydrogen (secondary N) is 1. The van der Waals surface area contributed by atoms with Gasteiger partial charge >= 0.3 is 0 Å². The first-order valence-corrected chi connectivity index (χ1v) is 8.73. The Hall–Kier alpha value is -2.33. The smallest absolute Gasteiger partial charge is 0.119 e. The van der Waals surface area contributed by atoms with Gasteiger partial charge in [-0.15, -0.1) is 0 Å². The van der Waals surface area contributed by atoms with Gasteiger partial charge < -0.3 is 9.64 Å². The molecule has 0 bridgehead atoms. The number of hydrogen-bond acceptors (Lipinski definition) is 3. The van der Waals surface area contributed by atoms with Gasteiger partial charge in [-0.1, -0.05) is 30.3 Å². The molecule has 4 nitrogen and oxygen atoms in total. The number of ether oxygens (including phenoxy) is 1. The molecule has 2 aromatic carbocycles. The molecule has 0 saturated carbocycles. The summed E-state index contributed by atoms with van der Waals surface area (Å²) in [7, 11) is 0. The summed E-state index contributed by atoms with van der Waals surface area (Å²) in [5, 5.41) is 6.80. The van der Waals surface area contributed by atoms with Crippen molar-refractivity contribution < 1.29 is 9.64 Å². The minimum atomic E-state index is 0.697. The highest BCUT2D eigenvalue weighted by molar-refractivity contribution is 5.79. The van der Waals surface area contributed by atoms with Crippen LogP contribution in [0.5, 0.6) is 5.75 Å². The van der Waals surface area contributed by atoms with Crippen LogP contribution in [-0.4, -0.2) is 44.0 Å². The van der Waals surface area contributed by atoms with E-state index in [9.17, 15) is 0 Å². The maximum absolute atomic E-state index is 5.46. The van der Waals surface area contributed by atoms with Crippen LogP contribution in [-0.2, 0) is 6.54 Å². The Bertz CT molecular complexity index is 632. The van der Waals surface area contributed by atoms with E-state index in [1.54, 1.807) is 4.90 Å². The summed E-state index contributed by atoms with van der Waals surface area (Å²) in [4.78, 5) is 1.63. The van der Waals surface area contributed by atoms with Crippen molar-refractivity contribution in [2.24, 2.45) is 5.10 Å². The molecular formula is C20H26N3O+. The van der Waals surface area contributed by atoms with Crippen LogP contribution in [0.1, 0.15) is 18.1 Å². The van der Waals surface area contributed by atoms with Gasteiger partial charge in [-0.2, -0.15) is 5.10 Å². The maximum atomic E-state index is 5.46. The fourth-order valence-corrected chi connectivity index (χ4v) is 2.95. The Morgan fingerprint density at radius 2 is 1.75 bits per heavy atom. The molecule has 1 aliphatic heterocycles. The van der Waals surface area contributed by atoms with Crippen molar-refractivity contribution in [2.45, 2.75) is 13.5 Å². The number of nitrogens with zero attached hydrogens (tertiary/aromatic N) is 2. The molecule has 0 aliphatic carbocycles. The molecule has 2 aromatic rings. The van der Waals surface area contributed by atoms with Crippen LogP contribution in [0.2, 0.25) is 0 Å². The van der Waals surface area contributed by atoms with E-state index in [0.717, 1.165) is 44.0 Å². The van der Waals surface area contributed by atoms with E-state index >= 15 is 0 Å². The zero-order chi connectivity index (χ0) is 16.6. The van der Waals surface area contributed by atoms with Gasteiger partial charge in [0.15, 0.2) is 0 Å². The van der Waals surface area contributed by atoms with E-state index in [2.05, 4.69) is 40.4 Å². The van der Waals surface area contributed by atoms with Gasteiger partial charge in [-0.05, 0) is 36.8 Å². The Morgan fingerprint density at radius 3 is 2.42 bits per heavy atom. The molecule has 0 atom stereocenters. The Kier molecular flexibility index (Phi) is 5.85. The van der Waals surface area contributed by atoms with Crippen molar-refractivity contribution in [2.75, 3.05) is 32.8 Å². The van der Waals surface area contributed by atoms with E-state index in [1.165, 1.54) is 5.56 Å². The van der Waals surface area contributed by atoms with Gasteiger partial charge in [0.25, 0.3) is 0 Å². The predicted octanol–water partition coefficient (Wildman–Crippen LogP) is 1.82. The lowest BCUT2D eigenvalue weighted by Crippen LogP contribution is -3.13. The molecule has 0 spiro atoms. The molecule has 24 heavy (non-hydrogen) atoms. The highest BCUT2D eigenvalue weighted by Gasteiger charge is 2.18. The highest BCUT2D eigenvalue weighted by Crippen LogP contribution is 2.10. The van der Waals surface area contributed by atoms with E-state index in [-0.39, 0.29) is 0 Å². The topological polar surface area (TPSA) is 29.3 Å². The van der Waals surface area contributed by atoms with E-state index < -0.39 is 0 Å². The standard InChI is InChI=1S/C20H25N3O/c1-2-24-20-10-8-18(9-11-20)16-21-23-14-12-22(13-15-23)17-19-6-4-3-5-7-19/h3-11,16H,2,12-15,17H2,1H3/p+1/b21-16-. The molecule has 0 aromatic heterocycles. The molecule has 3 rings (SSSR count). The van der Waals surface area contributed by atoms with Crippen LogP contribution >= 0.6 is 0 Å². The summed E-state index contributed by atoms with van der Waals surface area (Å²) in [6, 6.07) is 18.8. The summed E-state index contributed by atoms with van der Waals surface area (Å²) < 4.78 is 5.46. The molecule has 1 heterocycles. The first kappa shape index (κ1) is 16.5. The van der Waals surface area contributed by atoms with Crippen LogP contribution in [0.3, 0.4) is 0 Å². The quantitative estimate of drug-likeness (QED) is 0.822. The molecule has 126 valence electrons. The molecule has 0 amide bonds. The Balaban J connectivity index is 1.46. The van der Waals surface area contributed by atoms with Crippen LogP contribution in [0.15, 0.2) is 59.7 Å². The third-order valence-electron chi connectivity index (χ3n) is 4.31. The number of rotatable bonds is 6. The molecule has 1 N–H and O–H groups in total. The molecular weight excluding hydrogens is 298 g/mol. The molecule has 1 saturated heterocycles. The summed E-state index contributed by atoms with van der Waals surface area (Å²) in [6.45, 7) is 8.09. The summed E-state index contributed by atoms with van der Waals surface area (Å²) >= 11 is 0. The van der Waals surface area contributed by atoms with Crippen molar-refractivity contribution in [3.8, 4) is 5.75 Å². The Labute approximate surface area is 144 Å². The minimum absolute atomic E-state index is 0.697. The van der Waals surface area contributed by atoms with Gasteiger partial charge in [0.2, 0.25) is 0 Å². The van der Waals surface area contributed by atoms with Gasteiger partial charge in [0.1, 0.15) is 12.3 Å². The Morgan fingerprint density at radius 1 is 1.04 bits per heavy atom. The monoisotopic (exact) mass is 324 g/mol. The summed E-state index contributed by atoms with van der Waals surface area (Å²) in [5.41, 5.74) is 2.52. The normalized spacial score (nSPS) is 15.8. The largest absolute Gasteiger partial charge is 0.494 e. The average molecular weight is 324 g/mol. The first-order valence-electron chi connectivity index (χ1n) is 8.73. The first-order chi connectivity index (χ1) is 11.8. The number of hydrogen-bond donors (Lipinski definition) is 1. The van der Waals surface area contributed by atoms with Crippen molar-refractivity contribution in [1.29, 1.82) is 0 Å². The molecule has 0 radical (unpaired) electrons. The van der Waals surface area contributed by atoms with Crippen molar-refractivity contribution in [1.82, 2.24) is 5.01 Å². The number of hydrazone groups is 1. The second kappa shape index (κ2) is 8.50. The van der Waals surface area contributed by atoms with Crippen LogP contribution in [0.25, 0.3) is 0 Å². The van der Waals surface area contributed by atoms with Gasteiger partial charge in [0.05, 0.1) is 39.0 Å².